The minimum Gasteiger partial charge on any atom is -0.481 e. The van der Waals surface area contributed by atoms with Crippen LogP contribution in [0.3, 0.4) is 0 Å². The Labute approximate surface area is 136 Å². The van der Waals surface area contributed by atoms with Gasteiger partial charge in [-0.25, -0.2) is 0 Å². The summed E-state index contributed by atoms with van der Waals surface area (Å²) in [6.07, 6.45) is -0.0860. The molecule has 0 unspecified atom stereocenters. The molecule has 4 nitrogen and oxygen atoms in total. The molecule has 0 heterocycles. The van der Waals surface area contributed by atoms with Crippen LogP contribution in [-0.4, -0.2) is 17.0 Å². The molecule has 0 bridgehead atoms. The van der Waals surface area contributed by atoms with Gasteiger partial charge in [0.1, 0.15) is 0 Å². The van der Waals surface area contributed by atoms with Gasteiger partial charge in [-0.1, -0.05) is 29.8 Å². The Balaban J connectivity index is 2.10. The average Bonchev–Trinajstić information content (AvgIpc) is 2.45. The Hall–Kier alpha value is -2.62. The van der Waals surface area contributed by atoms with E-state index in [0.717, 1.165) is 16.7 Å². The molecule has 0 radical (unpaired) electrons. The Morgan fingerprint density at radius 3 is 2.30 bits per heavy atom. The third kappa shape index (κ3) is 4.42. The van der Waals surface area contributed by atoms with Crippen molar-refractivity contribution < 1.29 is 14.7 Å². The van der Waals surface area contributed by atoms with E-state index in [9.17, 15) is 9.59 Å². The van der Waals surface area contributed by atoms with E-state index in [1.807, 2.05) is 13.8 Å². The summed E-state index contributed by atoms with van der Waals surface area (Å²) in [6.45, 7) is 6.58. The number of carbonyl (C=O) groups is 2. The first-order valence-electron chi connectivity index (χ1n) is 7.52. The summed E-state index contributed by atoms with van der Waals surface area (Å²) in [5.41, 5.74) is 5.73. The number of carboxylic acids is 1. The lowest BCUT2D eigenvalue weighted by molar-refractivity contribution is -0.136. The van der Waals surface area contributed by atoms with Gasteiger partial charge in [-0.3, -0.25) is 9.59 Å². The average molecular weight is 311 g/mol. The first kappa shape index (κ1) is 16.7. The van der Waals surface area contributed by atoms with Crippen molar-refractivity contribution in [3.8, 4) is 0 Å². The van der Waals surface area contributed by atoms with E-state index < -0.39 is 5.97 Å². The van der Waals surface area contributed by atoms with Crippen LogP contribution in [0.5, 0.6) is 0 Å². The molecule has 0 spiro atoms. The van der Waals surface area contributed by atoms with Crippen molar-refractivity contribution in [2.75, 3.05) is 0 Å². The highest BCUT2D eigenvalue weighted by molar-refractivity contribution is 5.94. The predicted octanol–water partition coefficient (Wildman–Crippen LogP) is 3.17. The normalized spacial score (nSPS) is 10.4. The highest BCUT2D eigenvalue weighted by Crippen LogP contribution is 2.16. The summed E-state index contributed by atoms with van der Waals surface area (Å²) < 4.78 is 0. The van der Waals surface area contributed by atoms with Gasteiger partial charge in [-0.2, -0.15) is 0 Å². The molecule has 2 N–H and O–H groups in total. The van der Waals surface area contributed by atoms with E-state index in [1.54, 1.807) is 24.3 Å². The second-order valence-corrected chi connectivity index (χ2v) is 5.83. The first-order chi connectivity index (χ1) is 10.9. The number of rotatable bonds is 5. The molecule has 0 saturated carbocycles. The maximum absolute atomic E-state index is 12.3. The lowest BCUT2D eigenvalue weighted by atomic mass is 9.99. The highest BCUT2D eigenvalue weighted by atomic mass is 16.4. The molecule has 0 saturated heterocycles. The second kappa shape index (κ2) is 7.09. The number of hydrogen-bond donors (Lipinski definition) is 2. The molecule has 0 aliphatic heterocycles. The molecule has 0 atom stereocenters. The van der Waals surface area contributed by atoms with E-state index in [-0.39, 0.29) is 12.3 Å². The maximum Gasteiger partial charge on any atom is 0.307 e. The molecule has 1 amide bonds. The van der Waals surface area contributed by atoms with Gasteiger partial charge >= 0.3 is 5.97 Å². The molecule has 2 aromatic carbocycles. The topological polar surface area (TPSA) is 66.4 Å². The van der Waals surface area contributed by atoms with Crippen molar-refractivity contribution in [2.45, 2.75) is 33.7 Å². The summed E-state index contributed by atoms with van der Waals surface area (Å²) in [5.74, 6) is -1.11. The number of aliphatic carboxylic acids is 1. The molecular weight excluding hydrogens is 290 g/mol. The van der Waals surface area contributed by atoms with Crippen LogP contribution in [0, 0.1) is 20.8 Å². The second-order valence-electron chi connectivity index (χ2n) is 5.83. The molecule has 0 aliphatic carbocycles. The third-order valence-electron chi connectivity index (χ3n) is 3.81. The molecule has 2 rings (SSSR count). The number of nitrogens with one attached hydrogen (secondary N) is 1. The number of hydrogen-bond acceptors (Lipinski definition) is 2. The van der Waals surface area contributed by atoms with Crippen molar-refractivity contribution in [3.63, 3.8) is 0 Å². The van der Waals surface area contributed by atoms with E-state index in [2.05, 4.69) is 24.4 Å². The van der Waals surface area contributed by atoms with Gasteiger partial charge in [0.05, 0.1) is 6.42 Å². The fraction of sp³-hybridized carbons (Fsp3) is 0.263. The lowest BCUT2D eigenvalue weighted by Gasteiger charge is -2.12. The summed E-state index contributed by atoms with van der Waals surface area (Å²) >= 11 is 0. The van der Waals surface area contributed by atoms with Crippen LogP contribution in [0.1, 0.15) is 38.2 Å². The van der Waals surface area contributed by atoms with Crippen molar-refractivity contribution in [1.29, 1.82) is 0 Å². The van der Waals surface area contributed by atoms with Gasteiger partial charge in [0.15, 0.2) is 0 Å². The molecule has 0 aliphatic rings. The van der Waals surface area contributed by atoms with E-state index >= 15 is 0 Å². The van der Waals surface area contributed by atoms with Gasteiger partial charge in [-0.15, -0.1) is 0 Å². The van der Waals surface area contributed by atoms with Gasteiger partial charge in [-0.05, 0) is 55.2 Å². The highest BCUT2D eigenvalue weighted by Gasteiger charge is 2.10. The smallest absolute Gasteiger partial charge is 0.307 e. The lowest BCUT2D eigenvalue weighted by Crippen LogP contribution is -2.24. The molecule has 23 heavy (non-hydrogen) atoms. The third-order valence-corrected chi connectivity index (χ3v) is 3.81. The Kier molecular flexibility index (Phi) is 5.16. The molecule has 0 aromatic heterocycles. The summed E-state index contributed by atoms with van der Waals surface area (Å²) in [7, 11) is 0. The van der Waals surface area contributed by atoms with Gasteiger partial charge in [0.2, 0.25) is 0 Å². The van der Waals surface area contributed by atoms with Crippen molar-refractivity contribution in [3.05, 3.63) is 69.8 Å². The SMILES string of the molecule is Cc1cc(C)c(CNC(=O)c2cccc(CC(=O)O)c2)c(C)c1. The zero-order chi connectivity index (χ0) is 17.0. The van der Waals surface area contributed by atoms with Gasteiger partial charge in [0.25, 0.3) is 5.91 Å². The molecule has 4 heteroatoms. The largest absolute Gasteiger partial charge is 0.481 e. The number of benzene rings is 2. The quantitative estimate of drug-likeness (QED) is 0.891. The van der Waals surface area contributed by atoms with E-state index in [1.165, 1.54) is 5.56 Å². The zero-order valence-electron chi connectivity index (χ0n) is 13.6. The van der Waals surface area contributed by atoms with Crippen molar-refractivity contribution >= 4 is 11.9 Å². The van der Waals surface area contributed by atoms with E-state index in [0.29, 0.717) is 17.7 Å². The molecular formula is C19H21NO3. The Bertz CT molecular complexity index is 727. The summed E-state index contributed by atoms with van der Waals surface area (Å²) in [4.78, 5) is 23.0. The van der Waals surface area contributed by atoms with Gasteiger partial charge in [0, 0.05) is 12.1 Å². The minimum absolute atomic E-state index is 0.0860. The van der Waals surface area contributed by atoms with Crippen molar-refractivity contribution in [2.24, 2.45) is 0 Å². The van der Waals surface area contributed by atoms with Gasteiger partial charge < -0.3 is 10.4 Å². The number of amides is 1. The number of aryl methyl sites for hydroxylation is 3. The Morgan fingerprint density at radius 1 is 1.04 bits per heavy atom. The number of carbonyl (C=O) groups excluding carboxylic acids is 1. The zero-order valence-corrected chi connectivity index (χ0v) is 13.6. The fourth-order valence-corrected chi connectivity index (χ4v) is 2.76. The van der Waals surface area contributed by atoms with Crippen LogP contribution >= 0.6 is 0 Å². The summed E-state index contributed by atoms with van der Waals surface area (Å²) in [6, 6.07) is 10.9. The van der Waals surface area contributed by atoms with Crippen LogP contribution in [-0.2, 0) is 17.8 Å². The van der Waals surface area contributed by atoms with Crippen LogP contribution in [0.25, 0.3) is 0 Å². The monoisotopic (exact) mass is 311 g/mol. The molecule has 2 aromatic rings. The maximum atomic E-state index is 12.3. The van der Waals surface area contributed by atoms with Crippen molar-refractivity contribution in [1.82, 2.24) is 5.32 Å². The van der Waals surface area contributed by atoms with Crippen LogP contribution < -0.4 is 5.32 Å². The predicted molar refractivity (Wildman–Crippen MR) is 89.6 cm³/mol. The summed E-state index contributed by atoms with van der Waals surface area (Å²) in [5, 5.41) is 11.7. The Morgan fingerprint density at radius 2 is 1.70 bits per heavy atom. The first-order valence-corrected chi connectivity index (χ1v) is 7.52. The fourth-order valence-electron chi connectivity index (χ4n) is 2.76. The standard InChI is InChI=1S/C19H21NO3/c1-12-7-13(2)17(14(3)8-12)11-20-19(23)16-6-4-5-15(9-16)10-18(21)22/h4-9H,10-11H2,1-3H3,(H,20,23)(H,21,22). The van der Waals surface area contributed by atoms with E-state index in [4.69, 9.17) is 5.11 Å². The number of carboxylic acid groups (broad SMARTS) is 1. The van der Waals surface area contributed by atoms with Crippen LogP contribution in [0.4, 0.5) is 0 Å². The van der Waals surface area contributed by atoms with Crippen LogP contribution in [0.2, 0.25) is 0 Å². The molecule has 120 valence electrons. The van der Waals surface area contributed by atoms with Crippen LogP contribution in [0.15, 0.2) is 36.4 Å². The molecule has 0 fully saturated rings. The minimum atomic E-state index is -0.909.